The summed E-state index contributed by atoms with van der Waals surface area (Å²) in [5.74, 6) is 0.274. The Morgan fingerprint density at radius 3 is 2.54 bits per heavy atom. The lowest BCUT2D eigenvalue weighted by Crippen LogP contribution is -2.27. The Hall–Kier alpha value is -2.54. The van der Waals surface area contributed by atoms with E-state index in [0.29, 0.717) is 24.5 Å². The van der Waals surface area contributed by atoms with Crippen LogP contribution in [0.2, 0.25) is 0 Å². The Kier molecular flexibility index (Phi) is 6.62. The van der Waals surface area contributed by atoms with Crippen molar-refractivity contribution in [3.63, 3.8) is 0 Å². The number of anilines is 2. The molecule has 0 saturated heterocycles. The van der Waals surface area contributed by atoms with Crippen molar-refractivity contribution >= 4 is 34.8 Å². The van der Waals surface area contributed by atoms with Crippen molar-refractivity contribution in [2.24, 2.45) is 5.92 Å². The second-order valence-corrected chi connectivity index (χ2v) is 6.62. The number of rotatable bonds is 6. The fourth-order valence-corrected chi connectivity index (χ4v) is 2.47. The molecule has 1 aromatic heterocycles. The van der Waals surface area contributed by atoms with Crippen LogP contribution in [-0.4, -0.2) is 18.7 Å². The number of hydrogen-bond acceptors (Lipinski definition) is 4. The van der Waals surface area contributed by atoms with Gasteiger partial charge in [0.2, 0.25) is 0 Å². The van der Waals surface area contributed by atoms with E-state index in [1.165, 1.54) is 0 Å². The van der Waals surface area contributed by atoms with Gasteiger partial charge in [-0.25, -0.2) is 9.59 Å². The highest BCUT2D eigenvalue weighted by molar-refractivity contribution is 7.09. The molecule has 128 valence electrons. The van der Waals surface area contributed by atoms with Gasteiger partial charge in [0.1, 0.15) is 0 Å². The van der Waals surface area contributed by atoms with E-state index in [0.717, 1.165) is 4.88 Å². The van der Waals surface area contributed by atoms with Gasteiger partial charge < -0.3 is 15.4 Å². The summed E-state index contributed by atoms with van der Waals surface area (Å²) in [7, 11) is 0. The average molecular weight is 347 g/mol. The minimum atomic E-state index is -0.511. The summed E-state index contributed by atoms with van der Waals surface area (Å²) in [4.78, 5) is 24.6. The number of ether oxygens (including phenoxy) is 1. The molecule has 0 aliphatic rings. The Morgan fingerprint density at radius 1 is 1.12 bits per heavy atom. The maximum absolute atomic E-state index is 11.9. The summed E-state index contributed by atoms with van der Waals surface area (Å²) in [6.45, 7) is 4.76. The van der Waals surface area contributed by atoms with E-state index in [-0.39, 0.29) is 11.9 Å². The third-order valence-corrected chi connectivity index (χ3v) is 3.79. The number of thiophene rings is 1. The first kappa shape index (κ1) is 17.8. The Morgan fingerprint density at radius 2 is 1.88 bits per heavy atom. The second-order valence-electron chi connectivity index (χ2n) is 5.59. The molecular formula is C17H21N3O3S. The van der Waals surface area contributed by atoms with E-state index in [2.05, 4.69) is 16.0 Å². The highest BCUT2D eigenvalue weighted by atomic mass is 32.1. The van der Waals surface area contributed by atoms with E-state index in [1.807, 2.05) is 31.4 Å². The zero-order valence-corrected chi connectivity index (χ0v) is 14.5. The van der Waals surface area contributed by atoms with Crippen molar-refractivity contribution in [1.82, 2.24) is 5.32 Å². The van der Waals surface area contributed by atoms with Crippen LogP contribution in [0.15, 0.2) is 41.8 Å². The molecule has 6 nitrogen and oxygen atoms in total. The van der Waals surface area contributed by atoms with Gasteiger partial charge in [0.15, 0.2) is 0 Å². The molecule has 0 radical (unpaired) electrons. The van der Waals surface area contributed by atoms with Crippen molar-refractivity contribution in [3.05, 3.63) is 46.7 Å². The first-order valence-corrected chi connectivity index (χ1v) is 8.52. The van der Waals surface area contributed by atoms with Crippen LogP contribution in [0.3, 0.4) is 0 Å². The van der Waals surface area contributed by atoms with Crippen LogP contribution in [0.25, 0.3) is 0 Å². The van der Waals surface area contributed by atoms with Crippen molar-refractivity contribution < 1.29 is 14.3 Å². The number of nitrogens with one attached hydrogen (secondary N) is 3. The van der Waals surface area contributed by atoms with Gasteiger partial charge in [0, 0.05) is 16.3 Å². The molecule has 0 fully saturated rings. The van der Waals surface area contributed by atoms with E-state index >= 15 is 0 Å². The van der Waals surface area contributed by atoms with Crippen LogP contribution in [0, 0.1) is 5.92 Å². The third-order valence-electron chi connectivity index (χ3n) is 2.92. The molecule has 24 heavy (non-hydrogen) atoms. The van der Waals surface area contributed by atoms with Crippen LogP contribution < -0.4 is 16.0 Å². The smallest absolute Gasteiger partial charge is 0.411 e. The van der Waals surface area contributed by atoms with Gasteiger partial charge in [0.05, 0.1) is 13.2 Å². The predicted octanol–water partition coefficient (Wildman–Crippen LogP) is 4.27. The third kappa shape index (κ3) is 6.29. The fraction of sp³-hybridized carbons (Fsp3) is 0.294. The van der Waals surface area contributed by atoms with Gasteiger partial charge in [-0.1, -0.05) is 26.0 Å². The van der Waals surface area contributed by atoms with Crippen LogP contribution in [-0.2, 0) is 11.3 Å². The molecule has 0 aliphatic carbocycles. The molecule has 0 atom stereocenters. The molecule has 2 aromatic rings. The lowest BCUT2D eigenvalue weighted by Gasteiger charge is -2.11. The molecule has 2 rings (SSSR count). The SMILES string of the molecule is CC(C)COC(=O)Nc1cccc(NC(=O)NCc2cccs2)c1. The molecule has 0 unspecified atom stereocenters. The van der Waals surface area contributed by atoms with Gasteiger partial charge in [-0.15, -0.1) is 11.3 Å². The molecule has 0 saturated carbocycles. The van der Waals surface area contributed by atoms with Crippen molar-refractivity contribution in [2.45, 2.75) is 20.4 Å². The summed E-state index contributed by atoms with van der Waals surface area (Å²) in [6, 6.07) is 10.5. The van der Waals surface area contributed by atoms with Gasteiger partial charge in [0.25, 0.3) is 0 Å². The largest absolute Gasteiger partial charge is 0.449 e. The number of carbonyl (C=O) groups excluding carboxylic acids is 2. The van der Waals surface area contributed by atoms with Gasteiger partial charge in [-0.2, -0.15) is 0 Å². The zero-order valence-electron chi connectivity index (χ0n) is 13.7. The van der Waals surface area contributed by atoms with Crippen molar-refractivity contribution in [1.29, 1.82) is 0 Å². The number of carbonyl (C=O) groups is 2. The Balaban J connectivity index is 1.83. The van der Waals surface area contributed by atoms with Crippen LogP contribution in [0.4, 0.5) is 21.0 Å². The van der Waals surface area contributed by atoms with Gasteiger partial charge in [-0.05, 0) is 35.6 Å². The first-order chi connectivity index (χ1) is 11.5. The number of amides is 3. The molecule has 7 heteroatoms. The van der Waals surface area contributed by atoms with Crippen molar-refractivity contribution in [2.75, 3.05) is 17.2 Å². The summed E-state index contributed by atoms with van der Waals surface area (Å²) in [5.41, 5.74) is 1.14. The molecular weight excluding hydrogens is 326 g/mol. The Labute approximate surface area is 145 Å². The summed E-state index contributed by atoms with van der Waals surface area (Å²) in [5, 5.41) is 10.1. The molecule has 1 heterocycles. The van der Waals surface area contributed by atoms with Crippen LogP contribution in [0.1, 0.15) is 18.7 Å². The molecule has 0 aliphatic heterocycles. The number of urea groups is 1. The first-order valence-electron chi connectivity index (χ1n) is 7.64. The zero-order chi connectivity index (χ0) is 17.4. The summed E-state index contributed by atoms with van der Waals surface area (Å²) in [6.07, 6.45) is -0.511. The number of benzene rings is 1. The van der Waals surface area contributed by atoms with E-state index in [4.69, 9.17) is 4.74 Å². The topological polar surface area (TPSA) is 79.5 Å². The quantitative estimate of drug-likeness (QED) is 0.730. The van der Waals surface area contributed by atoms with Crippen molar-refractivity contribution in [3.8, 4) is 0 Å². The summed E-state index contributed by atoms with van der Waals surface area (Å²) < 4.78 is 5.06. The normalized spacial score (nSPS) is 10.3. The molecule has 3 amide bonds. The van der Waals surface area contributed by atoms with Crippen LogP contribution >= 0.6 is 11.3 Å². The fourth-order valence-electron chi connectivity index (χ4n) is 1.83. The van der Waals surface area contributed by atoms with Gasteiger partial charge >= 0.3 is 12.1 Å². The number of hydrogen-bond donors (Lipinski definition) is 3. The predicted molar refractivity (Wildman–Crippen MR) is 96.4 cm³/mol. The molecule has 3 N–H and O–H groups in total. The van der Waals surface area contributed by atoms with E-state index in [9.17, 15) is 9.59 Å². The maximum Gasteiger partial charge on any atom is 0.411 e. The molecule has 1 aromatic carbocycles. The lowest BCUT2D eigenvalue weighted by molar-refractivity contribution is 0.147. The maximum atomic E-state index is 11.9. The minimum absolute atomic E-state index is 0.274. The van der Waals surface area contributed by atoms with E-state index < -0.39 is 6.09 Å². The second kappa shape index (κ2) is 8.93. The Bertz CT molecular complexity index is 671. The van der Waals surface area contributed by atoms with E-state index in [1.54, 1.807) is 35.6 Å². The lowest BCUT2D eigenvalue weighted by atomic mass is 10.2. The van der Waals surface area contributed by atoms with Crippen LogP contribution in [0.5, 0.6) is 0 Å². The minimum Gasteiger partial charge on any atom is -0.449 e. The highest BCUT2D eigenvalue weighted by Crippen LogP contribution is 2.15. The molecule has 0 bridgehead atoms. The summed E-state index contributed by atoms with van der Waals surface area (Å²) >= 11 is 1.58. The monoisotopic (exact) mass is 347 g/mol. The molecule has 0 spiro atoms. The standard InChI is InChI=1S/C17H21N3O3S/c1-12(2)11-23-17(22)20-14-6-3-5-13(9-14)19-16(21)18-10-15-7-4-8-24-15/h3-9,12H,10-11H2,1-2H3,(H,20,22)(H2,18,19,21). The highest BCUT2D eigenvalue weighted by Gasteiger charge is 2.07. The average Bonchev–Trinajstić information content (AvgIpc) is 3.05. The van der Waals surface area contributed by atoms with Gasteiger partial charge in [-0.3, -0.25) is 5.32 Å².